The molecule has 4 rings (SSSR count). The summed E-state index contributed by atoms with van der Waals surface area (Å²) in [7, 11) is 0. The molecule has 0 aliphatic heterocycles. The van der Waals surface area contributed by atoms with E-state index in [0.29, 0.717) is 34.7 Å². The number of benzene rings is 3. The predicted molar refractivity (Wildman–Crippen MR) is 165 cm³/mol. The molecule has 218 valence electrons. The highest BCUT2D eigenvalue weighted by molar-refractivity contribution is 6.34. The number of alkyl carbamates (subject to hydrolysis) is 1. The third-order valence-corrected chi connectivity index (χ3v) is 7.19. The van der Waals surface area contributed by atoms with E-state index in [4.69, 9.17) is 22.8 Å². The number of aryl methyl sites for hydroxylation is 1. The second-order valence-corrected chi connectivity index (χ2v) is 11.8. The second kappa shape index (κ2) is 13.1. The Morgan fingerprint density at radius 1 is 1.02 bits per heavy atom. The monoisotopic (exact) mass is 585 g/mol. The molecule has 1 aliphatic rings. The fourth-order valence-electron chi connectivity index (χ4n) is 4.82. The van der Waals surface area contributed by atoms with Gasteiger partial charge in [-0.3, -0.25) is 9.59 Å². The standard InChI is InChI=1S/C34H36ClN3O4/c1-6-24-16-10-11-17-26(24)30(31(39)37-29-22(2)13-12-18-27(29)35)38(25-19-20-25)32(40)28(21-23-14-8-7-9-15-23)36-33(41)42-34(3,4)5/h1,7-18,25,28,30H,19-21H2,2-5H3,(H,36,41)(H,37,39). The van der Waals surface area contributed by atoms with Gasteiger partial charge in [-0.05, 0) is 69.4 Å². The van der Waals surface area contributed by atoms with Gasteiger partial charge in [0.15, 0.2) is 0 Å². The normalized spacial score (nSPS) is 14.2. The van der Waals surface area contributed by atoms with Crippen molar-refractivity contribution in [1.29, 1.82) is 0 Å². The lowest BCUT2D eigenvalue weighted by Gasteiger charge is -2.35. The Bertz CT molecular complexity index is 1470. The Kier molecular flexibility index (Phi) is 9.59. The number of para-hydroxylation sites is 1. The van der Waals surface area contributed by atoms with Crippen LogP contribution in [0.1, 0.15) is 61.9 Å². The van der Waals surface area contributed by atoms with Crippen molar-refractivity contribution in [2.45, 2.75) is 70.7 Å². The van der Waals surface area contributed by atoms with Gasteiger partial charge in [0.05, 0.1) is 10.7 Å². The molecule has 42 heavy (non-hydrogen) atoms. The molecule has 0 aromatic heterocycles. The molecule has 2 N–H and O–H groups in total. The molecule has 2 atom stereocenters. The summed E-state index contributed by atoms with van der Waals surface area (Å²) in [5, 5.41) is 6.12. The van der Waals surface area contributed by atoms with E-state index in [-0.39, 0.29) is 12.5 Å². The molecule has 0 radical (unpaired) electrons. The van der Waals surface area contributed by atoms with E-state index in [9.17, 15) is 14.4 Å². The Morgan fingerprint density at radius 3 is 2.31 bits per heavy atom. The molecule has 0 heterocycles. The van der Waals surface area contributed by atoms with Gasteiger partial charge in [0.25, 0.3) is 5.91 Å². The maximum Gasteiger partial charge on any atom is 0.408 e. The molecule has 0 saturated heterocycles. The van der Waals surface area contributed by atoms with E-state index < -0.39 is 35.6 Å². The summed E-state index contributed by atoms with van der Waals surface area (Å²) >= 11 is 6.46. The van der Waals surface area contributed by atoms with Gasteiger partial charge in [0.2, 0.25) is 5.91 Å². The zero-order chi connectivity index (χ0) is 30.4. The molecular weight excluding hydrogens is 550 g/mol. The number of amides is 3. The number of ether oxygens (including phenoxy) is 1. The van der Waals surface area contributed by atoms with Gasteiger partial charge >= 0.3 is 6.09 Å². The van der Waals surface area contributed by atoms with E-state index in [2.05, 4.69) is 16.6 Å². The first-order valence-corrected chi connectivity index (χ1v) is 14.3. The SMILES string of the molecule is C#Cc1ccccc1C(C(=O)Nc1c(C)cccc1Cl)N(C(=O)C(Cc1ccccc1)NC(=O)OC(C)(C)C)C1CC1. The van der Waals surface area contributed by atoms with Gasteiger partial charge in [0, 0.05) is 18.0 Å². The summed E-state index contributed by atoms with van der Waals surface area (Å²) < 4.78 is 5.51. The number of terminal acetylenes is 1. The molecule has 2 unspecified atom stereocenters. The van der Waals surface area contributed by atoms with Gasteiger partial charge in [0.1, 0.15) is 17.7 Å². The zero-order valence-electron chi connectivity index (χ0n) is 24.3. The number of nitrogens with zero attached hydrogens (tertiary/aromatic N) is 1. The number of anilines is 1. The molecule has 3 amide bonds. The lowest BCUT2D eigenvalue weighted by Crippen LogP contribution is -2.54. The number of halogens is 1. The summed E-state index contributed by atoms with van der Waals surface area (Å²) in [4.78, 5) is 43.3. The number of nitrogens with one attached hydrogen (secondary N) is 2. The molecule has 8 heteroatoms. The highest BCUT2D eigenvalue weighted by Crippen LogP contribution is 2.38. The maximum absolute atomic E-state index is 14.5. The fraction of sp³-hybridized carbons (Fsp3) is 0.324. The lowest BCUT2D eigenvalue weighted by atomic mass is 9.96. The molecule has 0 spiro atoms. The van der Waals surface area contributed by atoms with Crippen LogP contribution in [0.2, 0.25) is 5.02 Å². The van der Waals surface area contributed by atoms with Crippen LogP contribution in [-0.2, 0) is 20.7 Å². The van der Waals surface area contributed by atoms with E-state index in [0.717, 1.165) is 11.1 Å². The Hall–Kier alpha value is -4.28. The van der Waals surface area contributed by atoms with Crippen molar-refractivity contribution in [3.63, 3.8) is 0 Å². The van der Waals surface area contributed by atoms with Crippen molar-refractivity contribution < 1.29 is 19.1 Å². The van der Waals surface area contributed by atoms with Crippen LogP contribution < -0.4 is 10.6 Å². The van der Waals surface area contributed by atoms with Crippen LogP contribution in [-0.4, -0.2) is 40.5 Å². The highest BCUT2D eigenvalue weighted by Gasteiger charge is 2.44. The molecule has 3 aromatic carbocycles. The van der Waals surface area contributed by atoms with E-state index in [1.807, 2.05) is 43.3 Å². The third kappa shape index (κ3) is 7.71. The summed E-state index contributed by atoms with van der Waals surface area (Å²) in [6.07, 6.45) is 6.77. The van der Waals surface area contributed by atoms with E-state index in [1.54, 1.807) is 62.1 Å². The minimum absolute atomic E-state index is 0.205. The van der Waals surface area contributed by atoms with Crippen molar-refractivity contribution in [3.05, 3.63) is 100 Å². The topological polar surface area (TPSA) is 87.7 Å². The fourth-order valence-corrected chi connectivity index (χ4v) is 5.09. The largest absolute Gasteiger partial charge is 0.444 e. The smallest absolute Gasteiger partial charge is 0.408 e. The van der Waals surface area contributed by atoms with E-state index in [1.165, 1.54) is 0 Å². The highest BCUT2D eigenvalue weighted by atomic mass is 35.5. The van der Waals surface area contributed by atoms with Crippen LogP contribution in [0.4, 0.5) is 10.5 Å². The van der Waals surface area contributed by atoms with Crippen LogP contribution >= 0.6 is 11.6 Å². The van der Waals surface area contributed by atoms with Crippen LogP contribution in [0.3, 0.4) is 0 Å². The first-order valence-electron chi connectivity index (χ1n) is 14.0. The summed E-state index contributed by atoms with van der Waals surface area (Å²) in [5.74, 6) is 1.80. The summed E-state index contributed by atoms with van der Waals surface area (Å²) in [6.45, 7) is 7.11. The number of carbonyl (C=O) groups is 3. The van der Waals surface area contributed by atoms with Crippen LogP contribution in [0.5, 0.6) is 0 Å². The Morgan fingerprint density at radius 2 is 1.69 bits per heavy atom. The number of hydrogen-bond acceptors (Lipinski definition) is 4. The van der Waals surface area contributed by atoms with Gasteiger partial charge in [-0.15, -0.1) is 6.42 Å². The quantitative estimate of drug-likeness (QED) is 0.283. The van der Waals surface area contributed by atoms with Gasteiger partial charge in [-0.2, -0.15) is 0 Å². The molecule has 1 aliphatic carbocycles. The summed E-state index contributed by atoms with van der Waals surface area (Å²) in [5.41, 5.74) is 2.33. The van der Waals surface area contributed by atoms with Gasteiger partial charge < -0.3 is 20.3 Å². The third-order valence-electron chi connectivity index (χ3n) is 6.87. The maximum atomic E-state index is 14.5. The number of carbonyl (C=O) groups excluding carboxylic acids is 3. The minimum Gasteiger partial charge on any atom is -0.444 e. The predicted octanol–water partition coefficient (Wildman–Crippen LogP) is 6.44. The summed E-state index contributed by atoms with van der Waals surface area (Å²) in [6, 6.07) is 19.5. The van der Waals surface area contributed by atoms with E-state index >= 15 is 0 Å². The number of rotatable bonds is 9. The first kappa shape index (κ1) is 30.7. The van der Waals surface area contributed by atoms with Crippen molar-refractivity contribution in [2.75, 3.05) is 5.32 Å². The molecule has 3 aromatic rings. The lowest BCUT2D eigenvalue weighted by molar-refractivity contribution is -0.141. The molecule has 0 bridgehead atoms. The molecular formula is C34H36ClN3O4. The molecule has 7 nitrogen and oxygen atoms in total. The van der Waals surface area contributed by atoms with Crippen LogP contribution in [0, 0.1) is 19.3 Å². The molecule has 1 saturated carbocycles. The Labute approximate surface area is 252 Å². The van der Waals surface area contributed by atoms with Crippen molar-refractivity contribution >= 4 is 35.2 Å². The van der Waals surface area contributed by atoms with Crippen LogP contribution in [0.25, 0.3) is 0 Å². The average Bonchev–Trinajstić information content (AvgIpc) is 3.78. The number of hydrogen-bond donors (Lipinski definition) is 2. The van der Waals surface area contributed by atoms with Crippen molar-refractivity contribution in [1.82, 2.24) is 10.2 Å². The minimum atomic E-state index is -1.08. The van der Waals surface area contributed by atoms with Crippen molar-refractivity contribution in [3.8, 4) is 12.3 Å². The van der Waals surface area contributed by atoms with Gasteiger partial charge in [-0.1, -0.05) is 78.2 Å². The first-order chi connectivity index (χ1) is 20.0. The Balaban J connectivity index is 1.78. The van der Waals surface area contributed by atoms with Crippen molar-refractivity contribution in [2.24, 2.45) is 0 Å². The average molecular weight is 586 g/mol. The zero-order valence-corrected chi connectivity index (χ0v) is 25.1. The molecule has 1 fully saturated rings. The van der Waals surface area contributed by atoms with Crippen LogP contribution in [0.15, 0.2) is 72.8 Å². The van der Waals surface area contributed by atoms with Gasteiger partial charge in [-0.25, -0.2) is 4.79 Å². The second-order valence-electron chi connectivity index (χ2n) is 11.4.